The van der Waals surface area contributed by atoms with Crippen LogP contribution in [0, 0.1) is 11.3 Å². The average Bonchev–Trinajstić information content (AvgIpc) is 2.55. The van der Waals surface area contributed by atoms with Crippen LogP contribution in [-0.2, 0) is 5.41 Å². The second-order valence-corrected chi connectivity index (χ2v) is 5.13. The first-order valence-corrected chi connectivity index (χ1v) is 7.43. The molecule has 0 spiro atoms. The second-order valence-electron chi connectivity index (χ2n) is 4.75. The highest BCUT2D eigenvalue weighted by molar-refractivity contribution is 6.17. The van der Waals surface area contributed by atoms with Gasteiger partial charge in [0.25, 0.3) is 0 Å². The molecular formula is C16H22ClNO3. The maximum atomic E-state index is 9.70. The summed E-state index contributed by atoms with van der Waals surface area (Å²) in [6.07, 6.45) is 2.17. The Morgan fingerprint density at radius 1 is 1.14 bits per heavy atom. The molecule has 0 amide bonds. The van der Waals surface area contributed by atoms with Crippen LogP contribution in [-0.4, -0.2) is 27.2 Å². The molecule has 1 unspecified atom stereocenters. The number of halogens is 1. The van der Waals surface area contributed by atoms with Crippen molar-refractivity contribution in [2.45, 2.75) is 31.6 Å². The maximum absolute atomic E-state index is 9.70. The first-order chi connectivity index (χ1) is 10.1. The van der Waals surface area contributed by atoms with E-state index in [1.807, 2.05) is 19.1 Å². The lowest BCUT2D eigenvalue weighted by Gasteiger charge is -2.27. The Hall–Kier alpha value is -1.60. The van der Waals surface area contributed by atoms with E-state index >= 15 is 0 Å². The van der Waals surface area contributed by atoms with Crippen molar-refractivity contribution in [1.82, 2.24) is 0 Å². The molecule has 0 bridgehead atoms. The highest BCUT2D eigenvalue weighted by Gasteiger charge is 2.32. The molecule has 0 aliphatic rings. The molecule has 0 saturated heterocycles. The zero-order valence-electron chi connectivity index (χ0n) is 13.0. The molecule has 5 heteroatoms. The smallest absolute Gasteiger partial charge is 0.203 e. The Morgan fingerprint density at radius 2 is 1.71 bits per heavy atom. The van der Waals surface area contributed by atoms with E-state index in [2.05, 4.69) is 6.07 Å². The van der Waals surface area contributed by atoms with Crippen molar-refractivity contribution >= 4 is 11.6 Å². The fourth-order valence-electron chi connectivity index (χ4n) is 2.45. The van der Waals surface area contributed by atoms with Crippen LogP contribution in [0.25, 0.3) is 0 Å². The summed E-state index contributed by atoms with van der Waals surface area (Å²) < 4.78 is 16.1. The van der Waals surface area contributed by atoms with E-state index in [0.29, 0.717) is 36.0 Å². The summed E-state index contributed by atoms with van der Waals surface area (Å²) in [6, 6.07) is 6.14. The van der Waals surface area contributed by atoms with Gasteiger partial charge in [0.15, 0.2) is 11.5 Å². The molecular weight excluding hydrogens is 290 g/mol. The summed E-state index contributed by atoms with van der Waals surface area (Å²) >= 11 is 5.79. The van der Waals surface area contributed by atoms with Gasteiger partial charge in [0.2, 0.25) is 5.75 Å². The third kappa shape index (κ3) is 3.54. The minimum atomic E-state index is -0.596. The highest BCUT2D eigenvalue weighted by atomic mass is 35.5. The van der Waals surface area contributed by atoms with Crippen LogP contribution < -0.4 is 14.2 Å². The Kier molecular flexibility index (Phi) is 6.64. The number of nitriles is 1. The predicted molar refractivity (Wildman–Crippen MR) is 83.6 cm³/mol. The minimum absolute atomic E-state index is 0.532. The summed E-state index contributed by atoms with van der Waals surface area (Å²) in [5.41, 5.74) is 0.272. The number of hydrogen-bond acceptors (Lipinski definition) is 4. The number of methoxy groups -OCH3 is 3. The number of rotatable bonds is 8. The van der Waals surface area contributed by atoms with Gasteiger partial charge >= 0.3 is 0 Å². The quantitative estimate of drug-likeness (QED) is 0.683. The maximum Gasteiger partial charge on any atom is 0.203 e. The summed E-state index contributed by atoms with van der Waals surface area (Å²) in [5, 5.41) is 9.70. The van der Waals surface area contributed by atoms with Crippen LogP contribution in [0.3, 0.4) is 0 Å². The third-order valence-corrected chi connectivity index (χ3v) is 4.04. The monoisotopic (exact) mass is 311 g/mol. The molecule has 0 heterocycles. The predicted octanol–water partition coefficient (Wildman–Crippen LogP) is 3.90. The number of ether oxygens (including phenoxy) is 3. The van der Waals surface area contributed by atoms with Gasteiger partial charge in [0.1, 0.15) is 0 Å². The number of alkyl halides is 1. The third-order valence-electron chi connectivity index (χ3n) is 3.77. The van der Waals surface area contributed by atoms with Crippen LogP contribution in [0.2, 0.25) is 0 Å². The Bertz CT molecular complexity index is 488. The van der Waals surface area contributed by atoms with Crippen LogP contribution >= 0.6 is 11.6 Å². The van der Waals surface area contributed by atoms with E-state index in [1.54, 1.807) is 21.3 Å². The summed E-state index contributed by atoms with van der Waals surface area (Å²) in [4.78, 5) is 0. The van der Waals surface area contributed by atoms with Gasteiger partial charge in [-0.25, -0.2) is 0 Å². The average molecular weight is 312 g/mol. The zero-order valence-corrected chi connectivity index (χ0v) is 13.8. The fraction of sp³-hybridized carbons (Fsp3) is 0.562. The summed E-state index contributed by atoms with van der Waals surface area (Å²) in [7, 11) is 4.70. The van der Waals surface area contributed by atoms with E-state index < -0.39 is 5.41 Å². The van der Waals surface area contributed by atoms with E-state index in [9.17, 15) is 5.26 Å². The van der Waals surface area contributed by atoms with Gasteiger partial charge in [-0.05, 0) is 37.0 Å². The summed E-state index contributed by atoms with van der Waals surface area (Å²) in [5.74, 6) is 2.19. The Labute approximate surface area is 131 Å². The van der Waals surface area contributed by atoms with Crippen LogP contribution in [0.5, 0.6) is 17.2 Å². The topological polar surface area (TPSA) is 51.5 Å². The minimum Gasteiger partial charge on any atom is -0.493 e. The van der Waals surface area contributed by atoms with Crippen molar-refractivity contribution in [1.29, 1.82) is 5.26 Å². The van der Waals surface area contributed by atoms with Gasteiger partial charge in [-0.1, -0.05) is 6.92 Å². The normalized spacial score (nSPS) is 13.1. The number of nitrogens with zero attached hydrogens (tertiary/aromatic N) is 1. The summed E-state index contributed by atoms with van der Waals surface area (Å²) in [6.45, 7) is 2.00. The molecule has 4 nitrogen and oxygen atoms in total. The van der Waals surface area contributed by atoms with Crippen molar-refractivity contribution in [2.75, 3.05) is 27.2 Å². The largest absolute Gasteiger partial charge is 0.493 e. The molecule has 1 rings (SSSR count). The molecule has 1 aromatic rings. The van der Waals surface area contributed by atoms with Crippen molar-refractivity contribution in [3.8, 4) is 23.3 Å². The van der Waals surface area contributed by atoms with Crippen LogP contribution in [0.15, 0.2) is 12.1 Å². The van der Waals surface area contributed by atoms with Crippen molar-refractivity contribution < 1.29 is 14.2 Å². The van der Waals surface area contributed by atoms with Crippen molar-refractivity contribution in [2.24, 2.45) is 0 Å². The molecule has 21 heavy (non-hydrogen) atoms. The first kappa shape index (κ1) is 17.5. The molecule has 1 aromatic carbocycles. The molecule has 1 atom stereocenters. The number of hydrogen-bond donors (Lipinski definition) is 0. The second kappa shape index (κ2) is 7.99. The van der Waals surface area contributed by atoms with Gasteiger partial charge in [0.05, 0.1) is 32.8 Å². The molecule has 0 aliphatic carbocycles. The standard InChI is InChI=1S/C16H22ClNO3/c1-5-16(11-18,7-6-8-17)12-9-13(19-2)15(21-4)14(10-12)20-3/h9-10H,5-8H2,1-4H3. The fourth-order valence-corrected chi connectivity index (χ4v) is 2.58. The van der Waals surface area contributed by atoms with Crippen LogP contribution in [0.1, 0.15) is 31.7 Å². The molecule has 0 radical (unpaired) electrons. The molecule has 0 N–H and O–H groups in total. The van der Waals surface area contributed by atoms with Gasteiger partial charge in [0, 0.05) is 5.88 Å². The lowest BCUT2D eigenvalue weighted by Crippen LogP contribution is -2.23. The van der Waals surface area contributed by atoms with Gasteiger partial charge < -0.3 is 14.2 Å². The van der Waals surface area contributed by atoms with Crippen LogP contribution in [0.4, 0.5) is 0 Å². The molecule has 0 fully saturated rings. The number of benzene rings is 1. The molecule has 0 saturated carbocycles. The Morgan fingerprint density at radius 3 is 2.05 bits per heavy atom. The van der Waals surface area contributed by atoms with Crippen molar-refractivity contribution in [3.63, 3.8) is 0 Å². The molecule has 116 valence electrons. The lowest BCUT2D eigenvalue weighted by molar-refractivity contribution is 0.322. The zero-order chi connectivity index (χ0) is 15.9. The SMILES string of the molecule is CCC(C#N)(CCCCl)c1cc(OC)c(OC)c(OC)c1. The Balaban J connectivity index is 3.42. The van der Waals surface area contributed by atoms with Gasteiger partial charge in [-0.2, -0.15) is 5.26 Å². The first-order valence-electron chi connectivity index (χ1n) is 6.90. The van der Waals surface area contributed by atoms with E-state index in [-0.39, 0.29) is 0 Å². The van der Waals surface area contributed by atoms with Gasteiger partial charge in [-0.15, -0.1) is 11.6 Å². The lowest BCUT2D eigenvalue weighted by atomic mass is 9.76. The molecule has 0 aromatic heterocycles. The van der Waals surface area contributed by atoms with E-state index in [1.165, 1.54) is 0 Å². The van der Waals surface area contributed by atoms with E-state index in [0.717, 1.165) is 12.0 Å². The van der Waals surface area contributed by atoms with Gasteiger partial charge in [-0.3, -0.25) is 0 Å². The highest BCUT2D eigenvalue weighted by Crippen LogP contribution is 2.43. The van der Waals surface area contributed by atoms with Crippen molar-refractivity contribution in [3.05, 3.63) is 17.7 Å². The molecule has 0 aliphatic heterocycles. The van der Waals surface area contributed by atoms with E-state index in [4.69, 9.17) is 25.8 Å².